The summed E-state index contributed by atoms with van der Waals surface area (Å²) in [7, 11) is -3.52. The van der Waals surface area contributed by atoms with Crippen molar-refractivity contribution in [2.45, 2.75) is 49.4 Å². The summed E-state index contributed by atoms with van der Waals surface area (Å²) in [6.45, 7) is 3.82. The number of nitrogens with two attached hydrogens (primary N) is 1. The van der Waals surface area contributed by atoms with Gasteiger partial charge in [-0.2, -0.15) is 23.1 Å². The Bertz CT molecular complexity index is 1670. The van der Waals surface area contributed by atoms with E-state index in [2.05, 4.69) is 15.3 Å². The zero-order valence-corrected chi connectivity index (χ0v) is 26.2. The maximum absolute atomic E-state index is 14.6. The number of nitrogens with zero attached hydrogens (tertiary/aromatic N) is 3. The minimum atomic E-state index is -4.88. The third-order valence-corrected chi connectivity index (χ3v) is 9.58. The van der Waals surface area contributed by atoms with Gasteiger partial charge in [-0.1, -0.05) is 29.8 Å². The maximum atomic E-state index is 14.6. The van der Waals surface area contributed by atoms with E-state index in [-0.39, 0.29) is 50.3 Å². The third-order valence-electron chi connectivity index (χ3n) is 8.21. The van der Waals surface area contributed by atoms with E-state index in [0.29, 0.717) is 44.0 Å². The number of ether oxygens (including phenoxy) is 2. The van der Waals surface area contributed by atoms with Crippen molar-refractivity contribution < 1.29 is 35.9 Å². The molecule has 10 nitrogen and oxygen atoms in total. The zero-order valence-electron chi connectivity index (χ0n) is 24.6. The predicted molar refractivity (Wildman–Crippen MR) is 163 cm³/mol. The molecule has 3 heterocycles. The van der Waals surface area contributed by atoms with Gasteiger partial charge in [-0.15, -0.1) is 0 Å². The van der Waals surface area contributed by atoms with E-state index in [1.54, 1.807) is 6.92 Å². The lowest BCUT2D eigenvalue weighted by molar-refractivity contribution is -0.198. The Labute approximate surface area is 264 Å². The van der Waals surface area contributed by atoms with Gasteiger partial charge < -0.3 is 25.4 Å². The molecule has 0 radical (unpaired) electrons. The van der Waals surface area contributed by atoms with Gasteiger partial charge in [0.1, 0.15) is 11.9 Å². The van der Waals surface area contributed by atoms with E-state index in [1.807, 2.05) is 4.90 Å². The van der Waals surface area contributed by atoms with Gasteiger partial charge in [0.15, 0.2) is 9.84 Å². The largest absolute Gasteiger partial charge is 0.465 e. The number of nitrogen functional groups attached to an aromatic ring is 1. The van der Waals surface area contributed by atoms with E-state index in [0.717, 1.165) is 19.1 Å². The normalized spacial score (nSPS) is 19.0. The average Bonchev–Trinajstić information content (AvgIpc) is 3.39. The Morgan fingerprint density at radius 2 is 1.84 bits per heavy atom. The number of alkyl halides is 3. The van der Waals surface area contributed by atoms with Gasteiger partial charge in [-0.25, -0.2) is 8.42 Å². The van der Waals surface area contributed by atoms with Crippen LogP contribution in [0.3, 0.4) is 0 Å². The van der Waals surface area contributed by atoms with Crippen LogP contribution < -0.4 is 20.7 Å². The lowest BCUT2D eigenvalue weighted by Gasteiger charge is -2.39. The smallest absolute Gasteiger partial charge is 0.429 e. The van der Waals surface area contributed by atoms with Crippen molar-refractivity contribution in [1.82, 2.24) is 15.3 Å². The van der Waals surface area contributed by atoms with Gasteiger partial charge in [0.05, 0.1) is 11.5 Å². The van der Waals surface area contributed by atoms with Crippen LogP contribution in [0.5, 0.6) is 5.88 Å². The highest BCUT2D eigenvalue weighted by Crippen LogP contribution is 2.43. The molecule has 2 aromatic carbocycles. The highest BCUT2D eigenvalue weighted by molar-refractivity contribution is 7.90. The number of carbonyl (C=O) groups is 1. The van der Waals surface area contributed by atoms with Crippen LogP contribution in [0.1, 0.15) is 37.9 Å². The van der Waals surface area contributed by atoms with Gasteiger partial charge in [0.25, 0.3) is 0 Å². The number of hydrogen-bond acceptors (Lipinski definition) is 10. The van der Waals surface area contributed by atoms with Gasteiger partial charge in [-0.05, 0) is 67.0 Å². The van der Waals surface area contributed by atoms with Crippen LogP contribution in [-0.4, -0.2) is 69.1 Å². The molecule has 3 N–H and O–H groups in total. The molecular formula is C30H33ClF3N5O5S. The second-order valence-electron chi connectivity index (χ2n) is 11.4. The minimum Gasteiger partial charge on any atom is -0.465 e. The van der Waals surface area contributed by atoms with Crippen molar-refractivity contribution in [2.75, 3.05) is 43.1 Å². The van der Waals surface area contributed by atoms with E-state index < -0.39 is 22.1 Å². The number of carbonyl (C=O) groups excluding carboxylic acids is 1. The first-order chi connectivity index (χ1) is 21.2. The van der Waals surface area contributed by atoms with Crippen molar-refractivity contribution in [3.63, 3.8) is 0 Å². The standard InChI is InChI=1S/C30H33ClF3N5O5S/c1-3-43-27(40)23-16-29(17-36-23)10-12-39(13-11-29)24-15-25(38-28(35)37-24)44-26(30(32,33)34)21-9-6-19(31)14-22(21)18-4-7-20(8-5-18)45(2,41)42/h4-9,14-15,23,26,36H,3,10-13,16-17H2,1-2H3,(H2,35,37,38)/t23-,26?/m0/s1. The summed E-state index contributed by atoms with van der Waals surface area (Å²) in [5.41, 5.74) is 6.02. The van der Waals surface area contributed by atoms with Crippen molar-refractivity contribution in [2.24, 2.45) is 5.41 Å². The molecule has 0 amide bonds. The molecule has 0 saturated carbocycles. The van der Waals surface area contributed by atoms with Crippen molar-refractivity contribution in [1.29, 1.82) is 0 Å². The lowest BCUT2D eigenvalue weighted by Crippen LogP contribution is -2.41. The monoisotopic (exact) mass is 667 g/mol. The van der Waals surface area contributed by atoms with E-state index in [1.165, 1.54) is 48.5 Å². The number of benzene rings is 2. The second kappa shape index (κ2) is 12.6. The van der Waals surface area contributed by atoms with Gasteiger partial charge in [0.2, 0.25) is 17.9 Å². The molecule has 2 atom stereocenters. The number of anilines is 2. The fraction of sp³-hybridized carbons (Fsp3) is 0.433. The summed E-state index contributed by atoms with van der Waals surface area (Å²) >= 11 is 6.17. The number of nitrogens with one attached hydrogen (secondary N) is 1. The minimum absolute atomic E-state index is 0.0223. The predicted octanol–water partition coefficient (Wildman–Crippen LogP) is 4.98. The van der Waals surface area contributed by atoms with Crippen LogP contribution >= 0.6 is 11.6 Å². The molecule has 5 rings (SSSR count). The van der Waals surface area contributed by atoms with Crippen LogP contribution in [0.4, 0.5) is 24.9 Å². The first-order valence-electron chi connectivity index (χ1n) is 14.3. The van der Waals surface area contributed by atoms with Crippen LogP contribution in [0.2, 0.25) is 5.02 Å². The average molecular weight is 668 g/mol. The van der Waals surface area contributed by atoms with Crippen molar-refractivity contribution in [3.8, 4) is 17.0 Å². The molecule has 1 unspecified atom stereocenters. The second-order valence-corrected chi connectivity index (χ2v) is 13.8. The lowest BCUT2D eigenvalue weighted by atomic mass is 9.76. The summed E-state index contributed by atoms with van der Waals surface area (Å²) in [6.07, 6.45) is -4.20. The summed E-state index contributed by atoms with van der Waals surface area (Å²) in [6, 6.07) is 10.3. The van der Waals surface area contributed by atoms with Crippen molar-refractivity contribution >= 4 is 39.2 Å². The molecule has 2 saturated heterocycles. The highest BCUT2D eigenvalue weighted by atomic mass is 35.5. The fourth-order valence-corrected chi connectivity index (χ4v) is 6.69. The SMILES string of the molecule is CCOC(=O)[C@@H]1CC2(CCN(c3cc(OC(c4ccc(Cl)cc4-c4ccc(S(C)(=O)=O)cc4)C(F)(F)F)nc(N)n3)CC2)CN1. The van der Waals surface area contributed by atoms with Crippen LogP contribution in [0.25, 0.3) is 11.1 Å². The zero-order chi connectivity index (χ0) is 32.6. The number of piperidine rings is 1. The van der Waals surface area contributed by atoms with Gasteiger partial charge in [-0.3, -0.25) is 4.79 Å². The Hall–Kier alpha value is -3.62. The number of rotatable bonds is 8. The molecule has 1 spiro atoms. The number of sulfone groups is 1. The molecule has 2 aliphatic heterocycles. The Kier molecular flexibility index (Phi) is 9.20. The molecule has 45 heavy (non-hydrogen) atoms. The molecule has 2 aliphatic rings. The van der Waals surface area contributed by atoms with E-state index in [4.69, 9.17) is 26.8 Å². The molecule has 15 heteroatoms. The molecule has 1 aromatic heterocycles. The van der Waals surface area contributed by atoms with E-state index in [9.17, 15) is 26.4 Å². The van der Waals surface area contributed by atoms with Crippen molar-refractivity contribution in [3.05, 3.63) is 59.1 Å². The summed E-state index contributed by atoms with van der Waals surface area (Å²) < 4.78 is 78.3. The highest BCUT2D eigenvalue weighted by Gasteiger charge is 2.46. The number of esters is 1. The summed E-state index contributed by atoms with van der Waals surface area (Å²) in [4.78, 5) is 22.4. The molecule has 242 valence electrons. The molecular weight excluding hydrogens is 635 g/mol. The first kappa shape index (κ1) is 32.8. The Morgan fingerprint density at radius 1 is 1.16 bits per heavy atom. The van der Waals surface area contributed by atoms with Crippen LogP contribution in [0.15, 0.2) is 53.4 Å². The topological polar surface area (TPSA) is 137 Å². The summed E-state index contributed by atoms with van der Waals surface area (Å²) in [5.74, 6) is -0.551. The third kappa shape index (κ3) is 7.45. The van der Waals surface area contributed by atoms with E-state index >= 15 is 0 Å². The number of aromatic nitrogens is 2. The fourth-order valence-electron chi connectivity index (χ4n) is 5.89. The van der Waals surface area contributed by atoms with Gasteiger partial charge >= 0.3 is 12.1 Å². The summed E-state index contributed by atoms with van der Waals surface area (Å²) in [5, 5.41) is 3.44. The van der Waals surface area contributed by atoms with Gasteiger partial charge in [0, 0.05) is 42.5 Å². The molecule has 0 bridgehead atoms. The molecule has 3 aromatic rings. The first-order valence-corrected chi connectivity index (χ1v) is 16.6. The number of hydrogen-bond donors (Lipinski definition) is 2. The number of halogens is 4. The Balaban J connectivity index is 1.39. The van der Waals surface area contributed by atoms with Crippen LogP contribution in [0, 0.1) is 5.41 Å². The maximum Gasteiger partial charge on any atom is 0.429 e. The van der Waals surface area contributed by atoms with Crippen LogP contribution in [-0.2, 0) is 19.4 Å². The molecule has 0 aliphatic carbocycles. The molecule has 2 fully saturated rings. The Morgan fingerprint density at radius 3 is 2.47 bits per heavy atom. The quantitative estimate of drug-likeness (QED) is 0.317.